The van der Waals surface area contributed by atoms with Gasteiger partial charge in [0.15, 0.2) is 0 Å². The first-order chi connectivity index (χ1) is 23.8. The van der Waals surface area contributed by atoms with Crippen LogP contribution in [-0.2, 0) is 32.6 Å². The molecular formula is C39H45N3O5S2. The van der Waals surface area contributed by atoms with Crippen LogP contribution in [0.1, 0.15) is 50.2 Å². The van der Waals surface area contributed by atoms with Crippen LogP contribution in [0.25, 0.3) is 0 Å². The maximum atomic E-state index is 14.7. The summed E-state index contributed by atoms with van der Waals surface area (Å²) in [6.07, 6.45) is 7.25. The van der Waals surface area contributed by atoms with Crippen molar-refractivity contribution >= 4 is 39.3 Å². The van der Waals surface area contributed by atoms with Gasteiger partial charge < -0.3 is 15.0 Å². The van der Waals surface area contributed by atoms with Gasteiger partial charge in [0.2, 0.25) is 11.8 Å². The summed E-state index contributed by atoms with van der Waals surface area (Å²) in [4.78, 5) is 31.5. The molecule has 0 aromatic heterocycles. The minimum atomic E-state index is -4.20. The number of sulfonamides is 1. The Balaban J connectivity index is 1.55. The third-order valence-electron chi connectivity index (χ3n) is 8.78. The van der Waals surface area contributed by atoms with Crippen molar-refractivity contribution in [2.75, 3.05) is 23.7 Å². The van der Waals surface area contributed by atoms with E-state index in [1.165, 1.54) is 11.8 Å². The molecule has 0 aliphatic heterocycles. The van der Waals surface area contributed by atoms with Crippen molar-refractivity contribution in [3.63, 3.8) is 0 Å². The number of thioether (sulfide) groups is 1. The molecule has 1 aliphatic carbocycles. The monoisotopic (exact) mass is 699 g/mol. The standard InChI is InChI=1S/C39H45N3O5S2/c1-3-47-34-21-19-33(20-22-34)42(49(45,46)36-25-23-35(48-2)24-26-36)29-38(43)41(28-31-15-9-5-10-16-31)37(27-30-13-7-4-8-14-30)39(44)40-32-17-11-6-12-18-32/h4-5,7-10,13-16,19-26,32,37H,3,6,11-12,17-18,27-29H2,1-2H3,(H,40,44)/t37-/m0/s1. The van der Waals surface area contributed by atoms with Gasteiger partial charge in [-0.15, -0.1) is 11.8 Å². The number of benzene rings is 4. The summed E-state index contributed by atoms with van der Waals surface area (Å²) in [6, 6.07) is 31.6. The molecule has 10 heteroatoms. The van der Waals surface area contributed by atoms with Crippen LogP contribution in [0.2, 0.25) is 0 Å². The Kier molecular flexibility index (Phi) is 12.8. The van der Waals surface area contributed by atoms with E-state index in [0.717, 1.165) is 52.4 Å². The summed E-state index contributed by atoms with van der Waals surface area (Å²) in [6.45, 7) is 1.96. The van der Waals surface area contributed by atoms with Crippen molar-refractivity contribution in [3.05, 3.63) is 120 Å². The maximum absolute atomic E-state index is 14.7. The molecule has 2 amide bonds. The first kappa shape index (κ1) is 36.0. The van der Waals surface area contributed by atoms with Crippen molar-refractivity contribution in [1.82, 2.24) is 10.2 Å². The number of carbonyl (C=O) groups excluding carboxylic acids is 2. The molecule has 0 radical (unpaired) electrons. The highest BCUT2D eigenvalue weighted by Gasteiger charge is 2.35. The van der Waals surface area contributed by atoms with Gasteiger partial charge in [-0.3, -0.25) is 13.9 Å². The van der Waals surface area contributed by atoms with Gasteiger partial charge in [0.1, 0.15) is 18.3 Å². The van der Waals surface area contributed by atoms with Gasteiger partial charge in [-0.1, -0.05) is 79.9 Å². The molecule has 4 aromatic rings. The molecule has 0 heterocycles. The fourth-order valence-corrected chi connectivity index (χ4v) is 7.98. The van der Waals surface area contributed by atoms with Crippen molar-refractivity contribution in [3.8, 4) is 5.75 Å². The molecular weight excluding hydrogens is 655 g/mol. The second-order valence-corrected chi connectivity index (χ2v) is 14.9. The molecule has 5 rings (SSSR count). The zero-order valence-corrected chi connectivity index (χ0v) is 29.8. The van der Waals surface area contributed by atoms with E-state index in [2.05, 4.69) is 5.32 Å². The summed E-state index contributed by atoms with van der Waals surface area (Å²) >= 11 is 1.51. The number of hydrogen-bond acceptors (Lipinski definition) is 6. The molecule has 4 aromatic carbocycles. The van der Waals surface area contributed by atoms with Crippen LogP contribution < -0.4 is 14.4 Å². The maximum Gasteiger partial charge on any atom is 0.264 e. The van der Waals surface area contributed by atoms with Gasteiger partial charge in [-0.25, -0.2) is 8.42 Å². The van der Waals surface area contributed by atoms with Crippen LogP contribution >= 0.6 is 11.8 Å². The minimum Gasteiger partial charge on any atom is -0.494 e. The van der Waals surface area contributed by atoms with Gasteiger partial charge in [-0.05, 0) is 85.7 Å². The van der Waals surface area contributed by atoms with Crippen molar-refractivity contribution < 1.29 is 22.7 Å². The average Bonchev–Trinajstić information content (AvgIpc) is 3.13. The Morgan fingerprint density at radius 2 is 1.45 bits per heavy atom. The predicted molar refractivity (Wildman–Crippen MR) is 196 cm³/mol. The fraction of sp³-hybridized carbons (Fsp3) is 0.333. The molecule has 258 valence electrons. The molecule has 1 fully saturated rings. The van der Waals surface area contributed by atoms with Crippen molar-refractivity contribution in [2.24, 2.45) is 0 Å². The predicted octanol–water partition coefficient (Wildman–Crippen LogP) is 7.09. The molecule has 8 nitrogen and oxygen atoms in total. The van der Waals surface area contributed by atoms with Crippen LogP contribution in [0, 0.1) is 0 Å². The zero-order valence-electron chi connectivity index (χ0n) is 28.2. The first-order valence-electron chi connectivity index (χ1n) is 16.9. The highest BCUT2D eigenvalue weighted by Crippen LogP contribution is 2.28. The molecule has 49 heavy (non-hydrogen) atoms. The van der Waals surface area contributed by atoms with Crippen molar-refractivity contribution in [2.45, 2.75) is 73.9 Å². The summed E-state index contributed by atoms with van der Waals surface area (Å²) < 4.78 is 35.5. The van der Waals surface area contributed by atoms with Gasteiger partial charge in [0.25, 0.3) is 10.0 Å². The summed E-state index contributed by atoms with van der Waals surface area (Å²) in [5.74, 6) is -0.128. The Hall–Kier alpha value is -4.28. The zero-order chi connectivity index (χ0) is 34.6. The number of amides is 2. The summed E-state index contributed by atoms with van der Waals surface area (Å²) in [5.41, 5.74) is 2.06. The molecule has 1 atom stereocenters. The van der Waals surface area contributed by atoms with E-state index in [1.54, 1.807) is 53.4 Å². The van der Waals surface area contributed by atoms with Gasteiger partial charge in [-0.2, -0.15) is 0 Å². The van der Waals surface area contributed by atoms with E-state index in [4.69, 9.17) is 4.74 Å². The van der Waals surface area contributed by atoms with Gasteiger partial charge >= 0.3 is 0 Å². The van der Waals surface area contributed by atoms with Crippen LogP contribution in [0.15, 0.2) is 119 Å². The fourth-order valence-electron chi connectivity index (χ4n) is 6.16. The Labute approximate surface area is 294 Å². The van der Waals surface area contributed by atoms with E-state index in [1.807, 2.05) is 73.8 Å². The number of anilines is 1. The van der Waals surface area contributed by atoms with Gasteiger partial charge in [0, 0.05) is 23.9 Å². The highest BCUT2D eigenvalue weighted by molar-refractivity contribution is 7.98. The average molecular weight is 700 g/mol. The van der Waals surface area contributed by atoms with E-state index in [9.17, 15) is 18.0 Å². The van der Waals surface area contributed by atoms with Crippen LogP contribution in [0.4, 0.5) is 5.69 Å². The third-order valence-corrected chi connectivity index (χ3v) is 11.3. The topological polar surface area (TPSA) is 96.0 Å². The minimum absolute atomic E-state index is 0.0400. The molecule has 0 unspecified atom stereocenters. The van der Waals surface area contributed by atoms with Gasteiger partial charge in [0.05, 0.1) is 17.2 Å². The largest absolute Gasteiger partial charge is 0.494 e. The quantitative estimate of drug-likeness (QED) is 0.133. The lowest BCUT2D eigenvalue weighted by Crippen LogP contribution is -2.55. The molecule has 0 spiro atoms. The summed E-state index contributed by atoms with van der Waals surface area (Å²) in [7, 11) is -4.20. The lowest BCUT2D eigenvalue weighted by molar-refractivity contribution is -0.140. The number of rotatable bonds is 15. The Morgan fingerprint density at radius 1 is 0.837 bits per heavy atom. The number of hydrogen-bond donors (Lipinski definition) is 1. The van der Waals surface area contributed by atoms with Crippen LogP contribution in [0.3, 0.4) is 0 Å². The lowest BCUT2D eigenvalue weighted by atomic mass is 9.94. The summed E-state index contributed by atoms with van der Waals surface area (Å²) in [5, 5.41) is 3.25. The van der Waals surface area contributed by atoms with Crippen LogP contribution in [0.5, 0.6) is 5.75 Å². The number of ether oxygens (including phenoxy) is 1. The third kappa shape index (κ3) is 9.67. The number of nitrogens with one attached hydrogen (secondary N) is 1. The SMILES string of the molecule is CCOc1ccc(N(CC(=O)N(Cc2ccccc2)[C@@H](Cc2ccccc2)C(=O)NC2CCCCC2)S(=O)(=O)c2ccc(SC)cc2)cc1. The van der Waals surface area contributed by atoms with Crippen LogP contribution in [-0.4, -0.2) is 56.6 Å². The Morgan fingerprint density at radius 3 is 2.04 bits per heavy atom. The normalized spacial score (nSPS) is 14.1. The first-order valence-corrected chi connectivity index (χ1v) is 19.5. The van der Waals surface area contributed by atoms with Crippen molar-refractivity contribution in [1.29, 1.82) is 0 Å². The van der Waals surface area contributed by atoms with E-state index < -0.39 is 28.5 Å². The molecule has 0 bridgehead atoms. The number of carbonyl (C=O) groups is 2. The lowest BCUT2D eigenvalue weighted by Gasteiger charge is -2.35. The molecule has 1 saturated carbocycles. The second kappa shape index (κ2) is 17.4. The van der Waals surface area contributed by atoms with E-state index in [0.29, 0.717) is 18.0 Å². The van der Waals surface area contributed by atoms with E-state index >= 15 is 0 Å². The molecule has 1 N–H and O–H groups in total. The number of nitrogens with zero attached hydrogens (tertiary/aromatic N) is 2. The van der Waals surface area contributed by atoms with E-state index in [-0.39, 0.29) is 29.8 Å². The molecule has 1 aliphatic rings. The molecule has 0 saturated heterocycles. The highest BCUT2D eigenvalue weighted by atomic mass is 32.2. The second-order valence-electron chi connectivity index (χ2n) is 12.2. The smallest absolute Gasteiger partial charge is 0.264 e. The Bertz CT molecular complexity index is 1750.